The lowest BCUT2D eigenvalue weighted by Crippen LogP contribution is -2.39. The van der Waals surface area contributed by atoms with Crippen LogP contribution in [0.1, 0.15) is 31.8 Å². The number of aromatic nitrogens is 2. The predicted octanol–water partition coefficient (Wildman–Crippen LogP) is 2.59. The molecule has 1 amide bonds. The molecule has 2 aromatic rings. The van der Waals surface area contributed by atoms with Crippen LogP contribution in [0.15, 0.2) is 24.3 Å². The second-order valence-corrected chi connectivity index (χ2v) is 7.24. The number of hydrogen-bond acceptors (Lipinski definition) is 4. The van der Waals surface area contributed by atoms with E-state index in [1.54, 1.807) is 37.2 Å². The van der Waals surface area contributed by atoms with Gasteiger partial charge in [-0.1, -0.05) is 12.1 Å². The molecule has 1 aliphatic rings. The average Bonchev–Trinajstić information content (AvgIpc) is 2.88. The van der Waals surface area contributed by atoms with Gasteiger partial charge in [-0.3, -0.25) is 19.2 Å². The van der Waals surface area contributed by atoms with E-state index in [1.807, 2.05) is 13.0 Å². The van der Waals surface area contributed by atoms with E-state index in [2.05, 4.69) is 14.8 Å². The molecule has 1 fully saturated rings. The number of alkyl halides is 2. The monoisotopic (exact) mass is 379 g/mol. The normalized spacial score (nSPS) is 18.0. The first-order valence-electron chi connectivity index (χ1n) is 9.30. The molecule has 0 N–H and O–H groups in total. The number of likely N-dealkylation sites (N-methyl/N-ethyl adjacent to an activating group) is 1. The summed E-state index contributed by atoms with van der Waals surface area (Å²) in [5.41, 5.74) is 1.05. The molecular formula is C19H27F2N5O. The van der Waals surface area contributed by atoms with Crippen LogP contribution < -0.4 is 0 Å². The van der Waals surface area contributed by atoms with Gasteiger partial charge in [0.2, 0.25) is 5.91 Å². The summed E-state index contributed by atoms with van der Waals surface area (Å²) in [5.74, 6) is 0.472. The Hall–Kier alpha value is -2.06. The number of rotatable bonds is 5. The minimum absolute atomic E-state index is 0.0796. The van der Waals surface area contributed by atoms with E-state index in [9.17, 15) is 13.6 Å². The van der Waals surface area contributed by atoms with Crippen LogP contribution >= 0.6 is 0 Å². The molecule has 0 aliphatic carbocycles. The molecule has 6 nitrogen and oxygen atoms in total. The average molecular weight is 379 g/mol. The van der Waals surface area contributed by atoms with Crippen LogP contribution in [0.5, 0.6) is 0 Å². The molecule has 0 spiro atoms. The summed E-state index contributed by atoms with van der Waals surface area (Å²) >= 11 is 0. The molecular weight excluding hydrogens is 352 g/mol. The van der Waals surface area contributed by atoms with E-state index >= 15 is 0 Å². The summed E-state index contributed by atoms with van der Waals surface area (Å²) in [6, 6.07) is 6.79. The van der Waals surface area contributed by atoms with Crippen LogP contribution in [-0.2, 0) is 4.79 Å². The fraction of sp³-hybridized carbons (Fsp3) is 0.579. The van der Waals surface area contributed by atoms with Crippen molar-refractivity contribution in [2.75, 3.05) is 46.8 Å². The van der Waals surface area contributed by atoms with Gasteiger partial charge in [-0.25, -0.2) is 4.98 Å². The molecule has 2 heterocycles. The van der Waals surface area contributed by atoms with E-state index in [1.165, 1.54) is 0 Å². The second-order valence-electron chi connectivity index (χ2n) is 7.24. The van der Waals surface area contributed by atoms with Crippen LogP contribution in [0.2, 0.25) is 0 Å². The Labute approximate surface area is 158 Å². The molecule has 3 rings (SSSR count). The fourth-order valence-electron chi connectivity index (χ4n) is 3.60. The van der Waals surface area contributed by atoms with Gasteiger partial charge in [-0.05, 0) is 32.0 Å². The van der Waals surface area contributed by atoms with Crippen molar-refractivity contribution in [3.05, 3.63) is 30.1 Å². The van der Waals surface area contributed by atoms with Gasteiger partial charge in [0.15, 0.2) is 0 Å². The standard InChI is InChI=1S/C19H27F2N5O/c1-14(18-22-15-7-4-5-8-16(15)26(18)19(20)21)25-10-6-9-24(11-12-25)13-17(27)23(2)3/h4-5,7-8,14,19H,6,9-13H2,1-3H3. The van der Waals surface area contributed by atoms with Crippen LogP contribution in [-0.4, -0.2) is 77.0 Å². The maximum absolute atomic E-state index is 13.7. The zero-order valence-corrected chi connectivity index (χ0v) is 16.1. The zero-order chi connectivity index (χ0) is 19.6. The van der Waals surface area contributed by atoms with E-state index in [4.69, 9.17) is 0 Å². The number of para-hydroxylation sites is 2. The largest absolute Gasteiger partial charge is 0.348 e. The fourth-order valence-corrected chi connectivity index (χ4v) is 3.60. The molecule has 1 aliphatic heterocycles. The van der Waals surface area contributed by atoms with Crippen LogP contribution in [0.3, 0.4) is 0 Å². The molecule has 1 saturated heterocycles. The van der Waals surface area contributed by atoms with Gasteiger partial charge in [0.1, 0.15) is 5.82 Å². The first-order valence-corrected chi connectivity index (χ1v) is 9.30. The number of imidazole rings is 1. The minimum atomic E-state index is -2.63. The smallest absolute Gasteiger partial charge is 0.320 e. The van der Waals surface area contributed by atoms with Gasteiger partial charge in [-0.15, -0.1) is 0 Å². The molecule has 27 heavy (non-hydrogen) atoms. The van der Waals surface area contributed by atoms with Crippen LogP contribution in [0.25, 0.3) is 11.0 Å². The molecule has 1 unspecified atom stereocenters. The number of fused-ring (bicyclic) bond motifs is 1. The van der Waals surface area contributed by atoms with Crippen molar-refractivity contribution in [1.82, 2.24) is 24.3 Å². The Morgan fingerprint density at radius 3 is 2.63 bits per heavy atom. The van der Waals surface area contributed by atoms with Gasteiger partial charge in [-0.2, -0.15) is 8.78 Å². The highest BCUT2D eigenvalue weighted by Gasteiger charge is 2.27. The predicted molar refractivity (Wildman–Crippen MR) is 101 cm³/mol. The van der Waals surface area contributed by atoms with E-state index in [0.717, 1.165) is 30.6 Å². The van der Waals surface area contributed by atoms with Gasteiger partial charge in [0, 0.05) is 33.7 Å². The second kappa shape index (κ2) is 8.31. The lowest BCUT2D eigenvalue weighted by atomic mass is 10.2. The highest BCUT2D eigenvalue weighted by Crippen LogP contribution is 2.29. The minimum Gasteiger partial charge on any atom is -0.348 e. The Balaban J connectivity index is 1.76. The SMILES string of the molecule is CC(c1nc2ccccc2n1C(F)F)N1CCCN(CC(=O)N(C)C)CC1. The third kappa shape index (κ3) is 4.27. The van der Waals surface area contributed by atoms with Gasteiger partial charge >= 0.3 is 6.55 Å². The molecule has 1 atom stereocenters. The summed E-state index contributed by atoms with van der Waals surface area (Å²) < 4.78 is 28.5. The number of hydrogen-bond donors (Lipinski definition) is 0. The maximum atomic E-state index is 13.7. The lowest BCUT2D eigenvalue weighted by molar-refractivity contribution is -0.129. The number of nitrogens with zero attached hydrogens (tertiary/aromatic N) is 5. The molecule has 0 radical (unpaired) electrons. The number of amides is 1. The molecule has 8 heteroatoms. The van der Waals surface area contributed by atoms with Crippen LogP contribution in [0, 0.1) is 0 Å². The Kier molecular flexibility index (Phi) is 6.06. The molecule has 1 aromatic carbocycles. The third-order valence-electron chi connectivity index (χ3n) is 5.22. The maximum Gasteiger partial charge on any atom is 0.320 e. The highest BCUT2D eigenvalue weighted by molar-refractivity contribution is 5.77. The Morgan fingerprint density at radius 2 is 1.93 bits per heavy atom. The number of benzene rings is 1. The summed E-state index contributed by atoms with van der Waals surface area (Å²) in [7, 11) is 3.51. The van der Waals surface area contributed by atoms with Crippen molar-refractivity contribution >= 4 is 16.9 Å². The summed E-state index contributed by atoms with van der Waals surface area (Å²) in [6.45, 7) is 2.77. The first kappa shape index (κ1) is 19.7. The number of carbonyl (C=O) groups excluding carboxylic acids is 1. The molecule has 148 valence electrons. The summed E-state index contributed by atoms with van der Waals surface area (Å²) in [5, 5.41) is 0. The van der Waals surface area contributed by atoms with E-state index < -0.39 is 6.55 Å². The van der Waals surface area contributed by atoms with Gasteiger partial charge in [0.25, 0.3) is 0 Å². The summed E-state index contributed by atoms with van der Waals surface area (Å²) in [6.07, 6.45) is 0.889. The van der Waals surface area contributed by atoms with Crippen molar-refractivity contribution in [3.63, 3.8) is 0 Å². The summed E-state index contributed by atoms with van der Waals surface area (Å²) in [4.78, 5) is 22.4. The van der Waals surface area contributed by atoms with Crippen LogP contribution in [0.4, 0.5) is 8.78 Å². The first-order chi connectivity index (χ1) is 12.9. The van der Waals surface area contributed by atoms with Crippen molar-refractivity contribution in [2.24, 2.45) is 0 Å². The molecule has 0 saturated carbocycles. The van der Waals surface area contributed by atoms with E-state index in [0.29, 0.717) is 29.9 Å². The number of carbonyl (C=O) groups is 1. The lowest BCUT2D eigenvalue weighted by Gasteiger charge is -2.28. The van der Waals surface area contributed by atoms with Crippen molar-refractivity contribution in [2.45, 2.75) is 25.9 Å². The zero-order valence-electron chi connectivity index (χ0n) is 16.1. The third-order valence-corrected chi connectivity index (χ3v) is 5.22. The molecule has 0 bridgehead atoms. The van der Waals surface area contributed by atoms with Gasteiger partial charge in [0.05, 0.1) is 23.6 Å². The van der Waals surface area contributed by atoms with Crippen molar-refractivity contribution < 1.29 is 13.6 Å². The van der Waals surface area contributed by atoms with Crippen molar-refractivity contribution in [1.29, 1.82) is 0 Å². The molecule has 1 aromatic heterocycles. The highest BCUT2D eigenvalue weighted by atomic mass is 19.3. The van der Waals surface area contributed by atoms with E-state index in [-0.39, 0.29) is 11.9 Å². The quantitative estimate of drug-likeness (QED) is 0.801. The van der Waals surface area contributed by atoms with Crippen molar-refractivity contribution in [3.8, 4) is 0 Å². The topological polar surface area (TPSA) is 44.6 Å². The number of halogens is 2. The Bertz CT molecular complexity index is 791. The van der Waals surface area contributed by atoms with Gasteiger partial charge < -0.3 is 4.90 Å². The Morgan fingerprint density at radius 1 is 1.19 bits per heavy atom.